The molecule has 1 heteroatoms. The van der Waals surface area contributed by atoms with Crippen LogP contribution in [0.1, 0.15) is 52.9 Å². The molecule has 0 saturated carbocycles. The first-order valence-corrected chi connectivity index (χ1v) is 5.71. The van der Waals surface area contributed by atoms with Crippen LogP contribution in [0.5, 0.6) is 0 Å². The first-order chi connectivity index (χ1) is 6.05. The third-order valence-corrected chi connectivity index (χ3v) is 3.80. The van der Waals surface area contributed by atoms with Crippen molar-refractivity contribution in [3.05, 3.63) is 0 Å². The molecule has 0 aromatic carbocycles. The Morgan fingerprint density at radius 1 is 0.923 bits per heavy atom. The van der Waals surface area contributed by atoms with Crippen LogP contribution in [0.3, 0.4) is 0 Å². The van der Waals surface area contributed by atoms with E-state index in [1.165, 1.54) is 32.1 Å². The fraction of sp³-hybridized carbons (Fsp3) is 1.00. The zero-order valence-corrected chi connectivity index (χ0v) is 9.18. The van der Waals surface area contributed by atoms with Gasteiger partial charge in [0.05, 0.1) is 12.2 Å². The SMILES string of the molecule is CC(C)(C)C1CCC2CCC(C1)O2. The second-order valence-corrected chi connectivity index (χ2v) is 5.83. The summed E-state index contributed by atoms with van der Waals surface area (Å²) in [5.74, 6) is 0.878. The molecular formula is C12H22O. The molecule has 3 unspecified atom stereocenters. The monoisotopic (exact) mass is 182 g/mol. The van der Waals surface area contributed by atoms with E-state index in [-0.39, 0.29) is 0 Å². The molecule has 13 heavy (non-hydrogen) atoms. The number of hydrogen-bond donors (Lipinski definition) is 0. The van der Waals surface area contributed by atoms with Crippen LogP contribution in [0.15, 0.2) is 0 Å². The molecule has 2 heterocycles. The van der Waals surface area contributed by atoms with Gasteiger partial charge in [0, 0.05) is 0 Å². The molecule has 2 saturated heterocycles. The van der Waals surface area contributed by atoms with Gasteiger partial charge in [0.2, 0.25) is 0 Å². The van der Waals surface area contributed by atoms with Crippen LogP contribution in [0, 0.1) is 11.3 Å². The summed E-state index contributed by atoms with van der Waals surface area (Å²) >= 11 is 0. The summed E-state index contributed by atoms with van der Waals surface area (Å²) < 4.78 is 5.95. The third kappa shape index (κ3) is 2.07. The highest BCUT2D eigenvalue weighted by Gasteiger charge is 2.36. The summed E-state index contributed by atoms with van der Waals surface area (Å²) in [7, 11) is 0. The third-order valence-electron chi connectivity index (χ3n) is 3.80. The summed E-state index contributed by atoms with van der Waals surface area (Å²) in [6, 6.07) is 0. The van der Waals surface area contributed by atoms with E-state index in [1.807, 2.05) is 0 Å². The van der Waals surface area contributed by atoms with Crippen molar-refractivity contribution in [2.24, 2.45) is 11.3 Å². The highest BCUT2D eigenvalue weighted by molar-refractivity contribution is 4.85. The van der Waals surface area contributed by atoms with Gasteiger partial charge in [-0.05, 0) is 43.4 Å². The average Bonchev–Trinajstić information content (AvgIpc) is 2.27. The summed E-state index contributed by atoms with van der Waals surface area (Å²) in [4.78, 5) is 0. The molecule has 0 spiro atoms. The molecule has 2 rings (SSSR count). The molecule has 2 bridgehead atoms. The van der Waals surface area contributed by atoms with E-state index in [0.717, 1.165) is 5.92 Å². The van der Waals surface area contributed by atoms with Crippen molar-refractivity contribution in [3.8, 4) is 0 Å². The van der Waals surface area contributed by atoms with E-state index < -0.39 is 0 Å². The topological polar surface area (TPSA) is 9.23 Å². The zero-order valence-electron chi connectivity index (χ0n) is 9.18. The van der Waals surface area contributed by atoms with E-state index in [1.54, 1.807) is 0 Å². The Hall–Kier alpha value is -0.0400. The highest BCUT2D eigenvalue weighted by Crippen LogP contribution is 2.41. The van der Waals surface area contributed by atoms with Crippen LogP contribution in [0.4, 0.5) is 0 Å². The maximum Gasteiger partial charge on any atom is 0.0582 e. The molecule has 1 nitrogen and oxygen atoms in total. The molecule has 76 valence electrons. The van der Waals surface area contributed by atoms with E-state index in [4.69, 9.17) is 4.74 Å². The fourth-order valence-corrected chi connectivity index (χ4v) is 2.77. The summed E-state index contributed by atoms with van der Waals surface area (Å²) in [5, 5.41) is 0. The van der Waals surface area contributed by atoms with Crippen molar-refractivity contribution < 1.29 is 4.74 Å². The lowest BCUT2D eigenvalue weighted by molar-refractivity contribution is 0.0428. The number of fused-ring (bicyclic) bond motifs is 2. The first kappa shape index (κ1) is 9.51. The molecule has 0 aliphatic carbocycles. The van der Waals surface area contributed by atoms with Gasteiger partial charge in [-0.25, -0.2) is 0 Å². The number of rotatable bonds is 0. The summed E-state index contributed by atoms with van der Waals surface area (Å²) in [6.07, 6.45) is 7.83. The molecule has 2 fully saturated rings. The minimum atomic E-state index is 0.480. The van der Waals surface area contributed by atoms with Gasteiger partial charge in [0.25, 0.3) is 0 Å². The Kier molecular flexibility index (Phi) is 2.39. The second kappa shape index (κ2) is 3.27. The Morgan fingerprint density at radius 3 is 2.23 bits per heavy atom. The minimum absolute atomic E-state index is 0.480. The van der Waals surface area contributed by atoms with Gasteiger partial charge in [-0.1, -0.05) is 20.8 Å². The molecule has 0 amide bonds. The standard InChI is InChI=1S/C12H22O/c1-12(2,3)9-4-5-10-6-7-11(8-9)13-10/h9-11H,4-8H2,1-3H3. The van der Waals surface area contributed by atoms with Gasteiger partial charge in [-0.2, -0.15) is 0 Å². The maximum atomic E-state index is 5.95. The molecule has 0 aromatic heterocycles. The molecule has 2 aliphatic rings. The van der Waals surface area contributed by atoms with Crippen LogP contribution < -0.4 is 0 Å². The molecule has 0 radical (unpaired) electrons. The quantitative estimate of drug-likeness (QED) is 0.558. The van der Waals surface area contributed by atoms with Gasteiger partial charge in [-0.15, -0.1) is 0 Å². The Labute approximate surface area is 81.9 Å². The molecule has 0 aromatic rings. The van der Waals surface area contributed by atoms with Crippen LogP contribution >= 0.6 is 0 Å². The number of ether oxygens (including phenoxy) is 1. The molecule has 0 N–H and O–H groups in total. The largest absolute Gasteiger partial charge is 0.375 e. The van der Waals surface area contributed by atoms with Gasteiger partial charge in [0.15, 0.2) is 0 Å². The Morgan fingerprint density at radius 2 is 1.54 bits per heavy atom. The summed E-state index contributed by atoms with van der Waals surface area (Å²) in [5.41, 5.74) is 0.480. The normalized spacial score (nSPS) is 40.4. The molecule has 2 aliphatic heterocycles. The van der Waals surface area contributed by atoms with Crippen molar-refractivity contribution in [2.75, 3.05) is 0 Å². The smallest absolute Gasteiger partial charge is 0.0582 e. The minimum Gasteiger partial charge on any atom is -0.375 e. The van der Waals surface area contributed by atoms with Crippen molar-refractivity contribution in [3.63, 3.8) is 0 Å². The Balaban J connectivity index is 2.01. The van der Waals surface area contributed by atoms with Crippen LogP contribution in [0.2, 0.25) is 0 Å². The maximum absolute atomic E-state index is 5.95. The predicted octanol–water partition coefficient (Wildman–Crippen LogP) is 3.38. The Bertz CT molecular complexity index is 180. The predicted molar refractivity (Wildman–Crippen MR) is 54.7 cm³/mol. The zero-order chi connectivity index (χ0) is 9.47. The van der Waals surface area contributed by atoms with Gasteiger partial charge < -0.3 is 4.74 Å². The van der Waals surface area contributed by atoms with E-state index >= 15 is 0 Å². The lowest BCUT2D eigenvalue weighted by Crippen LogP contribution is -2.24. The second-order valence-electron chi connectivity index (χ2n) is 5.83. The number of hydrogen-bond acceptors (Lipinski definition) is 1. The van der Waals surface area contributed by atoms with Crippen LogP contribution in [0.25, 0.3) is 0 Å². The first-order valence-electron chi connectivity index (χ1n) is 5.71. The van der Waals surface area contributed by atoms with Crippen LogP contribution in [-0.2, 0) is 4.74 Å². The summed E-state index contributed by atoms with van der Waals surface area (Å²) in [6.45, 7) is 7.12. The van der Waals surface area contributed by atoms with E-state index in [9.17, 15) is 0 Å². The van der Waals surface area contributed by atoms with Crippen molar-refractivity contribution in [2.45, 2.75) is 65.1 Å². The van der Waals surface area contributed by atoms with Crippen LogP contribution in [-0.4, -0.2) is 12.2 Å². The van der Waals surface area contributed by atoms with E-state index in [0.29, 0.717) is 17.6 Å². The van der Waals surface area contributed by atoms with Gasteiger partial charge in [-0.3, -0.25) is 0 Å². The average molecular weight is 182 g/mol. The molecule has 3 atom stereocenters. The van der Waals surface area contributed by atoms with Gasteiger partial charge in [0.1, 0.15) is 0 Å². The lowest BCUT2D eigenvalue weighted by Gasteiger charge is -2.31. The van der Waals surface area contributed by atoms with Gasteiger partial charge >= 0.3 is 0 Å². The lowest BCUT2D eigenvalue weighted by atomic mass is 9.74. The van der Waals surface area contributed by atoms with Crippen molar-refractivity contribution in [1.29, 1.82) is 0 Å². The van der Waals surface area contributed by atoms with E-state index in [2.05, 4.69) is 20.8 Å². The van der Waals surface area contributed by atoms with Crippen molar-refractivity contribution in [1.82, 2.24) is 0 Å². The highest BCUT2D eigenvalue weighted by atomic mass is 16.5. The fourth-order valence-electron chi connectivity index (χ4n) is 2.77. The van der Waals surface area contributed by atoms with Crippen molar-refractivity contribution >= 4 is 0 Å². The molecular weight excluding hydrogens is 160 g/mol.